The van der Waals surface area contributed by atoms with Crippen LogP contribution in [-0.4, -0.2) is 30.0 Å². The largest absolute Gasteiger partial charge is 0.494 e. The Morgan fingerprint density at radius 1 is 0.825 bits per heavy atom. The van der Waals surface area contributed by atoms with Crippen LogP contribution >= 0.6 is 11.8 Å². The predicted octanol–water partition coefficient (Wildman–Crippen LogP) is 6.61. The summed E-state index contributed by atoms with van der Waals surface area (Å²) in [7, 11) is 0. The van der Waals surface area contributed by atoms with Crippen molar-refractivity contribution in [2.45, 2.75) is 11.8 Å². The fraction of sp³-hybridized carbons (Fsp3) is 0.0938. The number of benzene rings is 4. The molecule has 4 aromatic carbocycles. The molecule has 0 aliphatic carbocycles. The smallest absolute Gasteiger partial charge is 0.272 e. The average molecular weight is 555 g/mol. The van der Waals surface area contributed by atoms with Crippen molar-refractivity contribution in [3.05, 3.63) is 131 Å². The molecule has 8 heteroatoms. The third kappa shape index (κ3) is 8.15. The van der Waals surface area contributed by atoms with Crippen LogP contribution in [0.1, 0.15) is 33.2 Å². The number of halogens is 1. The number of carbonyl (C=O) groups excluding carboxylic acids is 3. The number of hydrogen-bond donors (Lipinski definition) is 2. The van der Waals surface area contributed by atoms with E-state index in [1.807, 2.05) is 6.92 Å². The molecule has 2 amide bonds. The van der Waals surface area contributed by atoms with Gasteiger partial charge in [0.1, 0.15) is 17.3 Å². The molecule has 0 saturated carbocycles. The van der Waals surface area contributed by atoms with E-state index in [4.69, 9.17) is 4.74 Å². The van der Waals surface area contributed by atoms with Crippen molar-refractivity contribution in [3.8, 4) is 5.75 Å². The van der Waals surface area contributed by atoms with E-state index in [-0.39, 0.29) is 17.2 Å². The summed E-state index contributed by atoms with van der Waals surface area (Å²) in [5, 5.41) is 5.43. The fourth-order valence-electron chi connectivity index (χ4n) is 3.64. The number of thioether (sulfide) groups is 1. The normalized spacial score (nSPS) is 11.0. The van der Waals surface area contributed by atoms with Crippen LogP contribution in [0.4, 0.5) is 10.1 Å². The Balaban J connectivity index is 1.40. The van der Waals surface area contributed by atoms with Crippen molar-refractivity contribution in [2.24, 2.45) is 0 Å². The lowest BCUT2D eigenvalue weighted by atomic mass is 10.1. The van der Waals surface area contributed by atoms with Crippen LogP contribution in [-0.2, 0) is 4.79 Å². The summed E-state index contributed by atoms with van der Waals surface area (Å²) in [6.07, 6.45) is 1.48. The van der Waals surface area contributed by atoms with Crippen LogP contribution in [0.2, 0.25) is 0 Å². The lowest BCUT2D eigenvalue weighted by molar-refractivity contribution is -0.113. The first-order valence-electron chi connectivity index (χ1n) is 12.5. The zero-order valence-corrected chi connectivity index (χ0v) is 22.5. The van der Waals surface area contributed by atoms with Gasteiger partial charge in [0.15, 0.2) is 5.78 Å². The number of amides is 2. The van der Waals surface area contributed by atoms with Gasteiger partial charge in [0.05, 0.1) is 12.4 Å². The van der Waals surface area contributed by atoms with E-state index in [0.717, 1.165) is 10.6 Å². The molecule has 0 unspecified atom stereocenters. The SMILES string of the molecule is CCOc1ccc(C(=O)CSc2ccc(NC(=O)/C(=C/c3ccc(F)cc3)NC(=O)c3ccccc3)cc2)cc1. The Hall–Kier alpha value is -4.69. The maximum Gasteiger partial charge on any atom is 0.272 e. The van der Waals surface area contributed by atoms with Crippen molar-refractivity contribution in [1.82, 2.24) is 5.32 Å². The van der Waals surface area contributed by atoms with Crippen molar-refractivity contribution in [3.63, 3.8) is 0 Å². The van der Waals surface area contributed by atoms with Crippen LogP contribution < -0.4 is 15.4 Å². The van der Waals surface area contributed by atoms with Crippen molar-refractivity contribution in [2.75, 3.05) is 17.7 Å². The van der Waals surface area contributed by atoms with Crippen LogP contribution in [0.25, 0.3) is 6.08 Å². The molecule has 6 nitrogen and oxygen atoms in total. The molecule has 0 bridgehead atoms. The summed E-state index contributed by atoms with van der Waals surface area (Å²) >= 11 is 1.39. The highest BCUT2D eigenvalue weighted by Crippen LogP contribution is 2.23. The molecule has 0 saturated heterocycles. The van der Waals surface area contributed by atoms with Crippen LogP contribution in [0, 0.1) is 5.82 Å². The Kier molecular flexibility index (Phi) is 9.85. The Morgan fingerprint density at radius 2 is 1.50 bits per heavy atom. The van der Waals surface area contributed by atoms with Crippen LogP contribution in [0.5, 0.6) is 5.75 Å². The van der Waals surface area contributed by atoms with Crippen molar-refractivity contribution < 1.29 is 23.5 Å². The molecule has 4 aromatic rings. The van der Waals surface area contributed by atoms with Gasteiger partial charge in [-0.25, -0.2) is 4.39 Å². The van der Waals surface area contributed by atoms with Gasteiger partial charge in [0, 0.05) is 21.7 Å². The van der Waals surface area contributed by atoms with E-state index >= 15 is 0 Å². The van der Waals surface area contributed by atoms with Gasteiger partial charge in [-0.3, -0.25) is 14.4 Å². The number of nitrogens with one attached hydrogen (secondary N) is 2. The molecule has 0 heterocycles. The first-order valence-corrected chi connectivity index (χ1v) is 13.5. The van der Waals surface area contributed by atoms with Gasteiger partial charge in [0.25, 0.3) is 11.8 Å². The molecule has 0 aliphatic heterocycles. The van der Waals surface area contributed by atoms with Crippen molar-refractivity contribution >= 4 is 41.1 Å². The molecule has 0 aliphatic rings. The second kappa shape index (κ2) is 13.9. The lowest BCUT2D eigenvalue weighted by Gasteiger charge is -2.12. The minimum absolute atomic E-state index is 0.000125. The van der Waals surface area contributed by atoms with E-state index in [1.165, 1.54) is 42.1 Å². The zero-order valence-electron chi connectivity index (χ0n) is 21.7. The molecular weight excluding hydrogens is 527 g/mol. The molecule has 0 aromatic heterocycles. The predicted molar refractivity (Wildman–Crippen MR) is 156 cm³/mol. The summed E-state index contributed by atoms with van der Waals surface area (Å²) < 4.78 is 18.8. The molecule has 4 rings (SSSR count). The van der Waals surface area contributed by atoms with Gasteiger partial charge in [-0.05, 0) is 91.4 Å². The number of ether oxygens (including phenoxy) is 1. The summed E-state index contributed by atoms with van der Waals surface area (Å²) in [6.45, 7) is 2.47. The van der Waals surface area contributed by atoms with Gasteiger partial charge in [-0.2, -0.15) is 0 Å². The number of rotatable bonds is 11. The van der Waals surface area contributed by atoms with E-state index in [9.17, 15) is 18.8 Å². The fourth-order valence-corrected chi connectivity index (χ4v) is 4.43. The molecule has 202 valence electrons. The molecule has 0 fully saturated rings. The van der Waals surface area contributed by atoms with Gasteiger partial charge in [-0.15, -0.1) is 11.8 Å². The topological polar surface area (TPSA) is 84.5 Å². The first-order chi connectivity index (χ1) is 19.4. The number of carbonyl (C=O) groups is 3. The molecule has 40 heavy (non-hydrogen) atoms. The Bertz CT molecular complexity index is 1490. The minimum atomic E-state index is -0.542. The van der Waals surface area contributed by atoms with Crippen molar-refractivity contribution in [1.29, 1.82) is 0 Å². The second-order valence-electron chi connectivity index (χ2n) is 8.58. The zero-order chi connectivity index (χ0) is 28.3. The second-order valence-corrected chi connectivity index (χ2v) is 9.63. The Labute approximate surface area is 236 Å². The quantitative estimate of drug-likeness (QED) is 0.124. The number of anilines is 1. The maximum atomic E-state index is 13.4. The third-order valence-corrected chi connectivity index (χ3v) is 6.69. The average Bonchev–Trinajstić information content (AvgIpc) is 2.98. The highest BCUT2D eigenvalue weighted by molar-refractivity contribution is 8.00. The van der Waals surface area contributed by atoms with Gasteiger partial charge in [0.2, 0.25) is 0 Å². The highest BCUT2D eigenvalue weighted by atomic mass is 32.2. The third-order valence-electron chi connectivity index (χ3n) is 5.68. The van der Waals surface area contributed by atoms with E-state index < -0.39 is 17.6 Å². The van der Waals surface area contributed by atoms with Gasteiger partial charge in [-0.1, -0.05) is 30.3 Å². The molecule has 0 spiro atoms. The first kappa shape index (κ1) is 28.3. The summed E-state index contributed by atoms with van der Waals surface area (Å²) in [4.78, 5) is 39.3. The summed E-state index contributed by atoms with van der Waals surface area (Å²) in [5.74, 6) is -0.423. The number of hydrogen-bond acceptors (Lipinski definition) is 5. The van der Waals surface area contributed by atoms with Crippen LogP contribution in [0.15, 0.2) is 114 Å². The standard InChI is InChI=1S/C32H27FN2O4S/c1-2-39-27-16-10-23(11-17-27)30(36)21-40-28-18-14-26(15-19-28)34-32(38)29(20-22-8-12-25(33)13-9-22)35-31(37)24-6-4-3-5-7-24/h3-20H,2,21H2,1H3,(H,34,38)(H,35,37)/b29-20-. The Morgan fingerprint density at radius 3 is 2.15 bits per heavy atom. The molecule has 0 atom stereocenters. The molecule has 2 N–H and O–H groups in total. The lowest BCUT2D eigenvalue weighted by Crippen LogP contribution is -2.30. The van der Waals surface area contributed by atoms with Gasteiger partial charge >= 0.3 is 0 Å². The number of ketones is 1. The van der Waals surface area contributed by atoms with E-state index in [0.29, 0.717) is 29.0 Å². The van der Waals surface area contributed by atoms with E-state index in [2.05, 4.69) is 10.6 Å². The minimum Gasteiger partial charge on any atom is -0.494 e. The van der Waals surface area contributed by atoms with Gasteiger partial charge < -0.3 is 15.4 Å². The maximum absolute atomic E-state index is 13.4. The summed E-state index contributed by atoms with van der Waals surface area (Å²) in [5.41, 5.74) is 2.05. The highest BCUT2D eigenvalue weighted by Gasteiger charge is 2.15. The summed E-state index contributed by atoms with van der Waals surface area (Å²) in [6, 6.07) is 28.2. The molecule has 0 radical (unpaired) electrons. The number of Topliss-reactive ketones (excluding diaryl/α,β-unsaturated/α-hetero) is 1. The van der Waals surface area contributed by atoms with Crippen LogP contribution in [0.3, 0.4) is 0 Å². The van der Waals surface area contributed by atoms with E-state index in [1.54, 1.807) is 78.9 Å². The monoisotopic (exact) mass is 554 g/mol. The molecular formula is C32H27FN2O4S.